The molecule has 0 unspecified atom stereocenters. The van der Waals surface area contributed by atoms with Crippen LogP contribution in [0.2, 0.25) is 0 Å². The number of hydrogen-bond acceptors (Lipinski definition) is 10. The highest BCUT2D eigenvalue weighted by Crippen LogP contribution is 2.46. The molecule has 0 aliphatic carbocycles. The molecule has 0 amide bonds. The second kappa shape index (κ2) is 10.5. The van der Waals surface area contributed by atoms with Gasteiger partial charge in [0.25, 0.3) is 0 Å². The number of ether oxygens (including phenoxy) is 3. The molecule has 2 heterocycles. The SMILES string of the molecule is COc1ccc(-c2cc(=O)c3c(O)c(-c4c(-c5ccc(O)cc5)oc5cc(OC)cc(O)c5c4=O)c(OC)cc3o2)cc1. The molecule has 216 valence electrons. The van der Waals surface area contributed by atoms with Crippen molar-refractivity contribution in [2.45, 2.75) is 0 Å². The first kappa shape index (κ1) is 27.3. The summed E-state index contributed by atoms with van der Waals surface area (Å²) in [4.78, 5) is 27.6. The van der Waals surface area contributed by atoms with E-state index in [1.54, 1.807) is 31.4 Å². The zero-order chi connectivity index (χ0) is 30.4. The molecule has 10 heteroatoms. The van der Waals surface area contributed by atoms with Crippen molar-refractivity contribution >= 4 is 21.9 Å². The van der Waals surface area contributed by atoms with E-state index >= 15 is 0 Å². The summed E-state index contributed by atoms with van der Waals surface area (Å²) in [6, 6.07) is 18.1. The lowest BCUT2D eigenvalue weighted by Gasteiger charge is -2.17. The minimum Gasteiger partial charge on any atom is -0.508 e. The standard InChI is InChI=1S/C33H24O10/c1-39-19-10-6-16(7-11-19)23-14-22(36)28-26(42-23)15-24(41-3)29(31(28)37)30-32(38)27-21(35)12-20(40-2)13-25(27)43-33(30)17-4-8-18(34)9-5-17/h4-15,34-35,37H,1-3H3. The lowest BCUT2D eigenvalue weighted by Crippen LogP contribution is -2.10. The summed E-state index contributed by atoms with van der Waals surface area (Å²) in [6.45, 7) is 0. The van der Waals surface area contributed by atoms with E-state index in [0.717, 1.165) is 0 Å². The fourth-order valence-corrected chi connectivity index (χ4v) is 5.01. The minimum atomic E-state index is -0.711. The van der Waals surface area contributed by atoms with Crippen molar-refractivity contribution in [2.75, 3.05) is 21.3 Å². The monoisotopic (exact) mass is 580 g/mol. The molecule has 0 saturated carbocycles. The van der Waals surface area contributed by atoms with E-state index in [9.17, 15) is 24.9 Å². The summed E-state index contributed by atoms with van der Waals surface area (Å²) in [6.07, 6.45) is 0. The van der Waals surface area contributed by atoms with Gasteiger partial charge in [-0.15, -0.1) is 0 Å². The molecule has 0 aliphatic heterocycles. The highest BCUT2D eigenvalue weighted by Gasteiger charge is 2.28. The van der Waals surface area contributed by atoms with Crippen LogP contribution in [0.5, 0.6) is 34.5 Å². The molecule has 0 aliphatic rings. The van der Waals surface area contributed by atoms with Gasteiger partial charge >= 0.3 is 0 Å². The van der Waals surface area contributed by atoms with Crippen LogP contribution in [0.4, 0.5) is 0 Å². The molecular weight excluding hydrogens is 556 g/mol. The summed E-state index contributed by atoms with van der Waals surface area (Å²) < 4.78 is 28.2. The molecule has 0 bridgehead atoms. The Morgan fingerprint density at radius 3 is 1.93 bits per heavy atom. The van der Waals surface area contributed by atoms with Crippen molar-refractivity contribution in [3.05, 3.63) is 93.2 Å². The number of phenols is 3. The Bertz CT molecular complexity index is 2140. The van der Waals surface area contributed by atoms with Crippen LogP contribution in [0, 0.1) is 0 Å². The maximum Gasteiger partial charge on any atom is 0.205 e. The van der Waals surface area contributed by atoms with Crippen molar-refractivity contribution in [1.82, 2.24) is 0 Å². The van der Waals surface area contributed by atoms with Gasteiger partial charge in [-0.05, 0) is 48.5 Å². The largest absolute Gasteiger partial charge is 0.508 e. The van der Waals surface area contributed by atoms with Gasteiger partial charge in [0.2, 0.25) is 5.43 Å². The Labute approximate surface area is 243 Å². The molecule has 0 spiro atoms. The summed E-state index contributed by atoms with van der Waals surface area (Å²) in [5.41, 5.74) is -0.636. The third-order valence-electron chi connectivity index (χ3n) is 7.11. The van der Waals surface area contributed by atoms with Gasteiger partial charge in [-0.2, -0.15) is 0 Å². The second-order valence-electron chi connectivity index (χ2n) is 9.58. The van der Waals surface area contributed by atoms with Crippen LogP contribution < -0.4 is 25.1 Å². The molecular formula is C33H24O10. The molecule has 2 aromatic heterocycles. The van der Waals surface area contributed by atoms with Crippen molar-refractivity contribution in [3.63, 3.8) is 0 Å². The Morgan fingerprint density at radius 2 is 1.28 bits per heavy atom. The fourth-order valence-electron chi connectivity index (χ4n) is 5.01. The quantitative estimate of drug-likeness (QED) is 0.213. The number of hydrogen-bond donors (Lipinski definition) is 3. The van der Waals surface area contributed by atoms with Gasteiger partial charge in [0.05, 0.1) is 32.5 Å². The van der Waals surface area contributed by atoms with E-state index < -0.39 is 22.4 Å². The smallest absolute Gasteiger partial charge is 0.205 e. The van der Waals surface area contributed by atoms with Crippen molar-refractivity contribution < 1.29 is 38.4 Å². The fraction of sp³-hybridized carbons (Fsp3) is 0.0909. The number of fused-ring (bicyclic) bond motifs is 2. The van der Waals surface area contributed by atoms with Crippen LogP contribution in [0.25, 0.3) is 55.7 Å². The Morgan fingerprint density at radius 1 is 0.628 bits per heavy atom. The van der Waals surface area contributed by atoms with E-state index in [0.29, 0.717) is 16.9 Å². The molecule has 0 radical (unpaired) electrons. The third-order valence-corrected chi connectivity index (χ3v) is 7.11. The molecule has 3 N–H and O–H groups in total. The highest BCUT2D eigenvalue weighted by atomic mass is 16.5. The maximum absolute atomic E-state index is 14.2. The molecule has 0 saturated heterocycles. The number of benzene rings is 4. The lowest BCUT2D eigenvalue weighted by atomic mass is 9.94. The molecule has 6 aromatic rings. The Balaban J connectivity index is 1.69. The maximum atomic E-state index is 14.2. The van der Waals surface area contributed by atoms with Crippen molar-refractivity contribution in [2.24, 2.45) is 0 Å². The average Bonchev–Trinajstić information content (AvgIpc) is 3.01. The Kier molecular flexibility index (Phi) is 6.66. The molecule has 0 atom stereocenters. The Hall–Kier alpha value is -5.90. The summed E-state index contributed by atoms with van der Waals surface area (Å²) in [7, 11) is 4.28. The van der Waals surface area contributed by atoms with E-state index in [1.807, 2.05) is 0 Å². The summed E-state index contributed by atoms with van der Waals surface area (Å²) in [5, 5.41) is 31.9. The first-order valence-electron chi connectivity index (χ1n) is 12.9. The van der Waals surface area contributed by atoms with Crippen LogP contribution in [-0.4, -0.2) is 36.6 Å². The van der Waals surface area contributed by atoms with Crippen LogP contribution in [-0.2, 0) is 0 Å². The molecule has 6 rings (SSSR count). The van der Waals surface area contributed by atoms with E-state index in [4.69, 9.17) is 23.0 Å². The van der Waals surface area contributed by atoms with Crippen LogP contribution in [0.15, 0.2) is 91.2 Å². The number of rotatable bonds is 6. The summed E-state index contributed by atoms with van der Waals surface area (Å²) >= 11 is 0. The predicted octanol–water partition coefficient (Wildman–Crippen LogP) is 6.04. The van der Waals surface area contributed by atoms with E-state index in [2.05, 4.69) is 0 Å². The molecule has 0 fully saturated rings. The van der Waals surface area contributed by atoms with Crippen molar-refractivity contribution in [1.29, 1.82) is 0 Å². The van der Waals surface area contributed by atoms with Crippen LogP contribution >= 0.6 is 0 Å². The average molecular weight is 581 g/mol. The zero-order valence-electron chi connectivity index (χ0n) is 23.1. The first-order chi connectivity index (χ1) is 20.7. The van der Waals surface area contributed by atoms with Gasteiger partial charge in [0.15, 0.2) is 5.43 Å². The van der Waals surface area contributed by atoms with E-state index in [1.165, 1.54) is 62.8 Å². The third kappa shape index (κ3) is 4.55. The minimum absolute atomic E-state index is 0.000268. The van der Waals surface area contributed by atoms with Gasteiger partial charge in [-0.1, -0.05) is 0 Å². The molecule has 10 nitrogen and oxygen atoms in total. The number of methoxy groups -OCH3 is 3. The van der Waals surface area contributed by atoms with Gasteiger partial charge in [-0.25, -0.2) is 0 Å². The van der Waals surface area contributed by atoms with Crippen LogP contribution in [0.1, 0.15) is 0 Å². The molecule has 4 aromatic carbocycles. The van der Waals surface area contributed by atoms with Crippen LogP contribution in [0.3, 0.4) is 0 Å². The zero-order valence-corrected chi connectivity index (χ0v) is 23.1. The lowest BCUT2D eigenvalue weighted by molar-refractivity contribution is 0.407. The predicted molar refractivity (Wildman–Crippen MR) is 159 cm³/mol. The summed E-state index contributed by atoms with van der Waals surface area (Å²) in [5.74, 6) is 0.0749. The van der Waals surface area contributed by atoms with Gasteiger partial charge in [0, 0.05) is 35.4 Å². The topological polar surface area (TPSA) is 149 Å². The molecule has 43 heavy (non-hydrogen) atoms. The van der Waals surface area contributed by atoms with Crippen molar-refractivity contribution in [3.8, 4) is 68.3 Å². The highest BCUT2D eigenvalue weighted by molar-refractivity contribution is 6.01. The second-order valence-corrected chi connectivity index (χ2v) is 9.58. The van der Waals surface area contributed by atoms with Gasteiger partial charge in [-0.3, -0.25) is 9.59 Å². The van der Waals surface area contributed by atoms with Gasteiger partial charge < -0.3 is 38.4 Å². The normalized spacial score (nSPS) is 11.1. The number of aromatic hydroxyl groups is 3. The van der Waals surface area contributed by atoms with E-state index in [-0.39, 0.29) is 61.8 Å². The number of phenolic OH excluding ortho intramolecular Hbond substituents is 3. The van der Waals surface area contributed by atoms with Gasteiger partial charge in [0.1, 0.15) is 68.0 Å². The first-order valence-corrected chi connectivity index (χ1v) is 12.9.